The van der Waals surface area contributed by atoms with Gasteiger partial charge in [-0.3, -0.25) is 4.79 Å². The fraction of sp³-hybridized carbons (Fsp3) is 0.286. The Hall–Kier alpha value is -2.44. The molecule has 2 aromatic carbocycles. The maximum absolute atomic E-state index is 12.1. The van der Waals surface area contributed by atoms with Crippen LogP contribution in [0.3, 0.4) is 0 Å². The molecule has 0 aliphatic heterocycles. The summed E-state index contributed by atoms with van der Waals surface area (Å²) in [4.78, 5) is 12.1. The number of carbonyl (C=O) groups is 1. The van der Waals surface area contributed by atoms with Gasteiger partial charge >= 0.3 is 0 Å². The second-order valence-corrected chi connectivity index (χ2v) is 8.20. The van der Waals surface area contributed by atoms with Crippen LogP contribution in [0.4, 0.5) is 0 Å². The van der Waals surface area contributed by atoms with Crippen molar-refractivity contribution in [3.8, 4) is 0 Å². The van der Waals surface area contributed by atoms with E-state index in [1.54, 1.807) is 0 Å². The molecule has 0 saturated carbocycles. The van der Waals surface area contributed by atoms with Gasteiger partial charge in [0.15, 0.2) is 0 Å². The molecule has 0 saturated heterocycles. The second kappa shape index (κ2) is 9.48. The van der Waals surface area contributed by atoms with Crippen LogP contribution in [-0.4, -0.2) is 20.9 Å². The van der Waals surface area contributed by atoms with E-state index in [9.17, 15) is 13.2 Å². The van der Waals surface area contributed by atoms with Crippen molar-refractivity contribution in [1.29, 1.82) is 0 Å². The number of carbonyl (C=O) groups excluding carboxylic acids is 1. The molecule has 6 heteroatoms. The van der Waals surface area contributed by atoms with E-state index >= 15 is 0 Å². The van der Waals surface area contributed by atoms with E-state index < -0.39 is 10.0 Å². The molecule has 0 aliphatic rings. The molecule has 0 heterocycles. The SMILES string of the molecule is Cc1ccc(C)c(C(C)NC(=O)CCNS(=O)(=O)/C=C/c2ccccc2)c1. The standard InChI is InChI=1S/C21H26N2O3S/c1-16-9-10-17(2)20(15-16)18(3)23-21(24)11-13-22-27(25,26)14-12-19-7-5-4-6-8-19/h4-10,12,14-15,18,22H,11,13H2,1-3H3,(H,23,24)/b14-12+. The fourth-order valence-corrected chi connectivity index (χ4v) is 3.52. The minimum atomic E-state index is -3.58. The van der Waals surface area contributed by atoms with Crippen LogP contribution in [0.1, 0.15) is 41.6 Å². The lowest BCUT2D eigenvalue weighted by Crippen LogP contribution is -2.31. The van der Waals surface area contributed by atoms with Crippen LogP contribution in [0, 0.1) is 13.8 Å². The molecule has 1 atom stereocenters. The van der Waals surface area contributed by atoms with Gasteiger partial charge in [-0.25, -0.2) is 13.1 Å². The zero-order valence-electron chi connectivity index (χ0n) is 15.9. The highest BCUT2D eigenvalue weighted by molar-refractivity contribution is 7.92. The lowest BCUT2D eigenvalue weighted by Gasteiger charge is -2.17. The first-order valence-corrected chi connectivity index (χ1v) is 10.4. The van der Waals surface area contributed by atoms with Crippen molar-refractivity contribution in [3.05, 3.63) is 76.2 Å². The van der Waals surface area contributed by atoms with Gasteiger partial charge in [0.25, 0.3) is 0 Å². The first kappa shape index (κ1) is 20.9. The summed E-state index contributed by atoms with van der Waals surface area (Å²) in [5.41, 5.74) is 4.10. The third-order valence-electron chi connectivity index (χ3n) is 4.17. The molecule has 0 aromatic heterocycles. The molecule has 5 nitrogen and oxygen atoms in total. The van der Waals surface area contributed by atoms with E-state index in [-0.39, 0.29) is 24.9 Å². The van der Waals surface area contributed by atoms with Crippen molar-refractivity contribution < 1.29 is 13.2 Å². The highest BCUT2D eigenvalue weighted by Gasteiger charge is 2.13. The molecule has 2 rings (SSSR count). The molecule has 2 aromatic rings. The van der Waals surface area contributed by atoms with E-state index in [2.05, 4.69) is 16.1 Å². The lowest BCUT2D eigenvalue weighted by atomic mass is 10.00. The van der Waals surface area contributed by atoms with Crippen LogP contribution < -0.4 is 10.0 Å². The number of nitrogens with one attached hydrogen (secondary N) is 2. The second-order valence-electron chi connectivity index (χ2n) is 6.55. The molecule has 27 heavy (non-hydrogen) atoms. The molecule has 0 aliphatic carbocycles. The Morgan fingerprint density at radius 1 is 1.11 bits per heavy atom. The number of aryl methyl sites for hydroxylation is 2. The van der Waals surface area contributed by atoms with Gasteiger partial charge < -0.3 is 5.32 Å². The Bertz CT molecular complexity index is 906. The fourth-order valence-electron chi connectivity index (χ4n) is 2.71. The number of rotatable bonds is 8. The van der Waals surface area contributed by atoms with Gasteiger partial charge in [-0.1, -0.05) is 54.1 Å². The molecule has 144 valence electrons. The van der Waals surface area contributed by atoms with Gasteiger partial charge in [0, 0.05) is 18.4 Å². The highest BCUT2D eigenvalue weighted by atomic mass is 32.2. The average Bonchev–Trinajstić information content (AvgIpc) is 2.62. The van der Waals surface area contributed by atoms with Gasteiger partial charge in [0.1, 0.15) is 0 Å². The molecule has 0 radical (unpaired) electrons. The third-order valence-corrected chi connectivity index (χ3v) is 5.27. The Morgan fingerprint density at radius 3 is 2.52 bits per heavy atom. The van der Waals surface area contributed by atoms with Crippen LogP contribution >= 0.6 is 0 Å². The highest BCUT2D eigenvalue weighted by Crippen LogP contribution is 2.18. The van der Waals surface area contributed by atoms with Crippen LogP contribution in [-0.2, 0) is 14.8 Å². The van der Waals surface area contributed by atoms with Crippen molar-refractivity contribution in [1.82, 2.24) is 10.0 Å². The van der Waals surface area contributed by atoms with Crippen LogP contribution in [0.15, 0.2) is 53.9 Å². The summed E-state index contributed by atoms with van der Waals surface area (Å²) in [5, 5.41) is 4.03. The van der Waals surface area contributed by atoms with Gasteiger partial charge in [-0.05, 0) is 43.5 Å². The van der Waals surface area contributed by atoms with Gasteiger partial charge in [0.05, 0.1) is 6.04 Å². The van der Waals surface area contributed by atoms with Gasteiger partial charge in [-0.15, -0.1) is 0 Å². The topological polar surface area (TPSA) is 75.3 Å². The normalized spacial score (nSPS) is 12.9. The maximum Gasteiger partial charge on any atom is 0.233 e. The molecular formula is C21H26N2O3S. The van der Waals surface area contributed by atoms with E-state index in [4.69, 9.17) is 0 Å². The molecule has 0 fully saturated rings. The predicted octanol–water partition coefficient (Wildman–Crippen LogP) is 3.46. The quantitative estimate of drug-likeness (QED) is 0.729. The van der Waals surface area contributed by atoms with Crippen molar-refractivity contribution in [3.63, 3.8) is 0 Å². The molecular weight excluding hydrogens is 360 g/mol. The van der Waals surface area contributed by atoms with E-state index in [1.807, 2.05) is 63.2 Å². The van der Waals surface area contributed by atoms with E-state index in [0.717, 1.165) is 27.7 Å². The number of sulfonamides is 1. The lowest BCUT2D eigenvalue weighted by molar-refractivity contribution is -0.121. The molecule has 0 bridgehead atoms. The monoisotopic (exact) mass is 386 g/mol. The largest absolute Gasteiger partial charge is 0.350 e. The Morgan fingerprint density at radius 2 is 1.81 bits per heavy atom. The number of hydrogen-bond acceptors (Lipinski definition) is 3. The number of benzene rings is 2. The summed E-state index contributed by atoms with van der Waals surface area (Å²) in [6.07, 6.45) is 1.60. The molecule has 1 unspecified atom stereocenters. The van der Waals surface area contributed by atoms with Crippen molar-refractivity contribution in [2.75, 3.05) is 6.54 Å². The Labute approximate surface area is 161 Å². The Kier molecular flexibility index (Phi) is 7.33. The Balaban J connectivity index is 1.83. The van der Waals surface area contributed by atoms with Crippen molar-refractivity contribution in [2.24, 2.45) is 0 Å². The maximum atomic E-state index is 12.1. The third kappa shape index (κ3) is 7.00. The number of amides is 1. The molecule has 1 amide bonds. The predicted molar refractivity (Wildman–Crippen MR) is 109 cm³/mol. The summed E-state index contributed by atoms with van der Waals surface area (Å²) >= 11 is 0. The van der Waals surface area contributed by atoms with Gasteiger partial charge in [-0.2, -0.15) is 0 Å². The molecule has 2 N–H and O–H groups in total. The van der Waals surface area contributed by atoms with Crippen molar-refractivity contribution >= 4 is 22.0 Å². The first-order chi connectivity index (χ1) is 12.8. The van der Waals surface area contributed by atoms with Crippen LogP contribution in [0.2, 0.25) is 0 Å². The first-order valence-electron chi connectivity index (χ1n) is 8.86. The van der Waals surface area contributed by atoms with Gasteiger partial charge in [0.2, 0.25) is 15.9 Å². The minimum Gasteiger partial charge on any atom is -0.350 e. The molecule has 0 spiro atoms. The minimum absolute atomic E-state index is 0.0484. The van der Waals surface area contributed by atoms with Crippen LogP contribution in [0.5, 0.6) is 0 Å². The zero-order chi connectivity index (χ0) is 19.9. The number of hydrogen-bond donors (Lipinski definition) is 2. The van der Waals surface area contributed by atoms with Crippen LogP contribution in [0.25, 0.3) is 6.08 Å². The van der Waals surface area contributed by atoms with Crippen molar-refractivity contribution in [2.45, 2.75) is 33.2 Å². The van der Waals surface area contributed by atoms with E-state index in [0.29, 0.717) is 0 Å². The summed E-state index contributed by atoms with van der Waals surface area (Å²) in [6, 6.07) is 15.1. The average molecular weight is 387 g/mol. The van der Waals surface area contributed by atoms with E-state index in [1.165, 1.54) is 6.08 Å². The summed E-state index contributed by atoms with van der Waals surface area (Å²) in [7, 11) is -3.58. The summed E-state index contributed by atoms with van der Waals surface area (Å²) in [5.74, 6) is -0.196. The zero-order valence-corrected chi connectivity index (χ0v) is 16.7. The summed E-state index contributed by atoms with van der Waals surface area (Å²) in [6.45, 7) is 5.99. The summed E-state index contributed by atoms with van der Waals surface area (Å²) < 4.78 is 26.4. The smallest absolute Gasteiger partial charge is 0.233 e.